The average molecular weight is 459 g/mol. The molecule has 0 radical (unpaired) electrons. The van der Waals surface area contributed by atoms with Gasteiger partial charge in [0.05, 0.1) is 0 Å². The molecule has 0 saturated carbocycles. The third-order valence-electron chi connectivity index (χ3n) is 7.43. The summed E-state index contributed by atoms with van der Waals surface area (Å²) >= 11 is 0. The number of pyridine rings is 1. The minimum absolute atomic E-state index is 0.0424. The number of fused-ring (bicyclic) bond motifs is 1. The molecule has 5 nitrogen and oxygen atoms in total. The first-order chi connectivity index (χ1) is 16.4. The van der Waals surface area contributed by atoms with Crippen molar-refractivity contribution in [1.82, 2.24) is 9.88 Å². The number of aromatic nitrogens is 1. The van der Waals surface area contributed by atoms with Gasteiger partial charge >= 0.3 is 0 Å². The molecule has 0 unspecified atom stereocenters. The molecule has 0 bridgehead atoms. The molecule has 1 fully saturated rings. The number of hydrogen-bond donors (Lipinski definition) is 3. The van der Waals surface area contributed by atoms with Crippen molar-refractivity contribution in [3.8, 4) is 0 Å². The van der Waals surface area contributed by atoms with Crippen molar-refractivity contribution in [3.05, 3.63) is 81.1 Å². The molecule has 2 aromatic carbocycles. The van der Waals surface area contributed by atoms with Gasteiger partial charge in [-0.3, -0.25) is 15.1 Å². The molecule has 0 amide bonds. The first-order valence-corrected chi connectivity index (χ1v) is 12.8. The lowest BCUT2D eigenvalue weighted by atomic mass is 9.96. The van der Waals surface area contributed by atoms with E-state index in [1.54, 1.807) is 0 Å². The maximum atomic E-state index is 12.7. The quantitative estimate of drug-likeness (QED) is 0.229. The SMILES string of the molecule is C[C@@H]1CCC[C@H](C)N1CCCCCc1cccc2[nH]c(=O)c(Cc3cccc(C(=N)N)c3)cc12. The molecule has 0 aliphatic carbocycles. The van der Waals surface area contributed by atoms with Crippen LogP contribution in [0.4, 0.5) is 0 Å². The summed E-state index contributed by atoms with van der Waals surface area (Å²) < 4.78 is 0. The van der Waals surface area contributed by atoms with Crippen molar-refractivity contribution in [2.45, 2.75) is 77.3 Å². The second-order valence-electron chi connectivity index (χ2n) is 9.97. The van der Waals surface area contributed by atoms with E-state index in [4.69, 9.17) is 11.1 Å². The van der Waals surface area contributed by atoms with Crippen LogP contribution in [0.5, 0.6) is 0 Å². The van der Waals surface area contributed by atoms with Gasteiger partial charge in [-0.1, -0.05) is 43.2 Å². The fourth-order valence-electron chi connectivity index (χ4n) is 5.46. The van der Waals surface area contributed by atoms with Gasteiger partial charge in [0.15, 0.2) is 0 Å². The van der Waals surface area contributed by atoms with Crippen molar-refractivity contribution in [2.75, 3.05) is 6.54 Å². The summed E-state index contributed by atoms with van der Waals surface area (Å²) in [5, 5.41) is 8.81. The van der Waals surface area contributed by atoms with E-state index in [1.807, 2.05) is 36.4 Å². The van der Waals surface area contributed by atoms with Gasteiger partial charge in [-0.2, -0.15) is 0 Å². The average Bonchev–Trinajstić information content (AvgIpc) is 2.81. The molecule has 2 atom stereocenters. The Hall–Kier alpha value is -2.92. The molecule has 0 spiro atoms. The highest BCUT2D eigenvalue weighted by Crippen LogP contribution is 2.24. The van der Waals surface area contributed by atoms with Gasteiger partial charge < -0.3 is 10.7 Å². The Balaban J connectivity index is 1.42. The molecule has 34 heavy (non-hydrogen) atoms. The van der Waals surface area contributed by atoms with Gasteiger partial charge in [0.1, 0.15) is 5.84 Å². The van der Waals surface area contributed by atoms with E-state index in [-0.39, 0.29) is 11.4 Å². The molecule has 1 aromatic heterocycles. The van der Waals surface area contributed by atoms with Gasteiger partial charge in [-0.15, -0.1) is 0 Å². The minimum atomic E-state index is -0.0531. The number of piperidine rings is 1. The first-order valence-electron chi connectivity index (χ1n) is 12.8. The predicted octanol–water partition coefficient (Wildman–Crippen LogP) is 5.38. The largest absolute Gasteiger partial charge is 0.384 e. The Morgan fingerprint density at radius 3 is 2.56 bits per heavy atom. The number of hydrogen-bond acceptors (Lipinski definition) is 3. The van der Waals surface area contributed by atoms with Gasteiger partial charge in [0, 0.05) is 40.5 Å². The zero-order valence-electron chi connectivity index (χ0n) is 20.6. The summed E-state index contributed by atoms with van der Waals surface area (Å²) in [7, 11) is 0. The second-order valence-corrected chi connectivity index (χ2v) is 9.97. The number of amidine groups is 1. The maximum Gasteiger partial charge on any atom is 0.251 e. The molecule has 180 valence electrons. The summed E-state index contributed by atoms with van der Waals surface area (Å²) in [6.07, 6.45) is 9.20. The zero-order chi connectivity index (χ0) is 24.1. The van der Waals surface area contributed by atoms with E-state index in [1.165, 1.54) is 44.2 Å². The highest BCUT2D eigenvalue weighted by molar-refractivity contribution is 5.95. The van der Waals surface area contributed by atoms with Crippen LogP contribution in [0.3, 0.4) is 0 Å². The number of nitrogens with zero attached hydrogens (tertiary/aromatic N) is 1. The van der Waals surface area contributed by atoms with Crippen LogP contribution in [-0.4, -0.2) is 34.3 Å². The lowest BCUT2D eigenvalue weighted by Crippen LogP contribution is -2.44. The lowest BCUT2D eigenvalue weighted by molar-refractivity contribution is 0.101. The molecule has 2 heterocycles. The van der Waals surface area contributed by atoms with E-state index in [0.29, 0.717) is 24.1 Å². The fourth-order valence-corrected chi connectivity index (χ4v) is 5.46. The third kappa shape index (κ3) is 5.76. The van der Waals surface area contributed by atoms with Gasteiger partial charge in [0.2, 0.25) is 0 Å². The number of benzene rings is 2. The molecule has 5 heteroatoms. The molecule has 1 aliphatic heterocycles. The summed E-state index contributed by atoms with van der Waals surface area (Å²) in [5.74, 6) is 0.0424. The smallest absolute Gasteiger partial charge is 0.251 e. The molecular formula is C29H38N4O. The highest BCUT2D eigenvalue weighted by atomic mass is 16.1. The van der Waals surface area contributed by atoms with Gasteiger partial charge in [0.25, 0.3) is 5.56 Å². The third-order valence-corrected chi connectivity index (χ3v) is 7.43. The Kier molecular flexibility index (Phi) is 7.84. The second kappa shape index (κ2) is 11.0. The zero-order valence-corrected chi connectivity index (χ0v) is 20.6. The number of nitrogens with two attached hydrogens (primary N) is 1. The monoisotopic (exact) mass is 458 g/mol. The highest BCUT2D eigenvalue weighted by Gasteiger charge is 2.23. The van der Waals surface area contributed by atoms with Gasteiger partial charge in [-0.25, -0.2) is 0 Å². The van der Waals surface area contributed by atoms with Crippen LogP contribution in [0.1, 0.15) is 74.6 Å². The number of unbranched alkanes of at least 4 members (excludes halogenated alkanes) is 2. The van der Waals surface area contributed by atoms with Crippen molar-refractivity contribution in [1.29, 1.82) is 5.41 Å². The minimum Gasteiger partial charge on any atom is -0.384 e. The van der Waals surface area contributed by atoms with Crippen molar-refractivity contribution in [3.63, 3.8) is 0 Å². The number of aryl methyl sites for hydroxylation is 1. The number of rotatable bonds is 9. The van der Waals surface area contributed by atoms with Crippen LogP contribution in [0.15, 0.2) is 53.3 Å². The Morgan fingerprint density at radius 1 is 1.03 bits per heavy atom. The first kappa shape index (κ1) is 24.2. The molecule has 4 rings (SSSR count). The van der Waals surface area contributed by atoms with E-state index in [2.05, 4.69) is 35.9 Å². The number of likely N-dealkylation sites (tertiary alicyclic amines) is 1. The van der Waals surface area contributed by atoms with E-state index in [0.717, 1.165) is 34.9 Å². The Morgan fingerprint density at radius 2 is 1.79 bits per heavy atom. The van der Waals surface area contributed by atoms with Crippen LogP contribution in [0, 0.1) is 5.41 Å². The number of H-pyrrole nitrogens is 1. The fraction of sp³-hybridized carbons (Fsp3) is 0.448. The molecular weight excluding hydrogens is 420 g/mol. The Labute approximate surface area is 202 Å². The van der Waals surface area contributed by atoms with Crippen molar-refractivity contribution >= 4 is 16.7 Å². The number of nitrogen functional groups attached to an aromatic ring is 1. The van der Waals surface area contributed by atoms with Gasteiger partial charge in [-0.05, 0) is 81.8 Å². The van der Waals surface area contributed by atoms with E-state index in [9.17, 15) is 4.79 Å². The van der Waals surface area contributed by atoms with E-state index < -0.39 is 0 Å². The number of nitrogens with one attached hydrogen (secondary N) is 2. The standard InChI is InChI=1S/C29H38N4O/c1-20-9-6-10-21(2)33(20)16-5-3-4-12-23-13-8-15-27-26(23)19-25(29(34)32-27)18-22-11-7-14-24(17-22)28(30)31/h7-8,11,13-15,17,19-21H,3-6,9-10,12,16,18H2,1-2H3,(H3,30,31)(H,32,34)/t20-,21+. The molecule has 4 N–H and O–H groups in total. The van der Waals surface area contributed by atoms with Crippen LogP contribution in [0.2, 0.25) is 0 Å². The van der Waals surface area contributed by atoms with Crippen molar-refractivity contribution in [2.24, 2.45) is 5.73 Å². The lowest BCUT2D eigenvalue weighted by Gasteiger charge is -2.39. The van der Waals surface area contributed by atoms with E-state index >= 15 is 0 Å². The predicted molar refractivity (Wildman–Crippen MR) is 142 cm³/mol. The molecule has 3 aromatic rings. The summed E-state index contributed by atoms with van der Waals surface area (Å²) in [6.45, 7) is 5.95. The number of aromatic amines is 1. The van der Waals surface area contributed by atoms with Crippen LogP contribution in [-0.2, 0) is 12.8 Å². The molecule has 1 saturated heterocycles. The summed E-state index contributed by atoms with van der Waals surface area (Å²) in [4.78, 5) is 18.5. The molecule has 1 aliphatic rings. The Bertz CT molecular complexity index is 1190. The normalized spacial score (nSPS) is 18.9. The maximum absolute atomic E-state index is 12.7. The van der Waals surface area contributed by atoms with Crippen LogP contribution >= 0.6 is 0 Å². The van der Waals surface area contributed by atoms with Crippen molar-refractivity contribution < 1.29 is 0 Å². The topological polar surface area (TPSA) is 86.0 Å². The summed E-state index contributed by atoms with van der Waals surface area (Å²) in [6, 6.07) is 17.3. The summed E-state index contributed by atoms with van der Waals surface area (Å²) in [5.41, 5.74) is 10.2. The van der Waals surface area contributed by atoms with Crippen LogP contribution < -0.4 is 11.3 Å². The van der Waals surface area contributed by atoms with Crippen LogP contribution in [0.25, 0.3) is 10.9 Å².